The van der Waals surface area contributed by atoms with E-state index in [1.54, 1.807) is 24.3 Å². The van der Waals surface area contributed by atoms with Crippen molar-refractivity contribution in [1.29, 1.82) is 0 Å². The molecular weight excluding hydrogens is 344 g/mol. The summed E-state index contributed by atoms with van der Waals surface area (Å²) in [5, 5.41) is 0. The molecule has 0 unspecified atom stereocenters. The monoisotopic (exact) mass is 370 g/mol. The van der Waals surface area contributed by atoms with Crippen LogP contribution in [0, 0.1) is 0 Å². The van der Waals surface area contributed by atoms with Gasteiger partial charge in [0.25, 0.3) is 0 Å². The van der Waals surface area contributed by atoms with Gasteiger partial charge in [-0.3, -0.25) is 0 Å². The third-order valence-corrected chi connectivity index (χ3v) is 5.08. The molecule has 24 heavy (non-hydrogen) atoms. The van der Waals surface area contributed by atoms with E-state index in [-0.39, 0.29) is 11.1 Å². The molecule has 0 heterocycles. The Morgan fingerprint density at radius 1 is 0.833 bits per heavy atom. The number of carbonyl (C=O) groups is 2. The zero-order valence-electron chi connectivity index (χ0n) is 14.4. The Morgan fingerprint density at radius 3 is 1.62 bits per heavy atom. The average Bonchev–Trinajstić information content (AvgIpc) is 2.61. The molecule has 1 aromatic carbocycles. The van der Waals surface area contributed by atoms with Crippen molar-refractivity contribution < 1.29 is 19.1 Å². The summed E-state index contributed by atoms with van der Waals surface area (Å²) in [6.07, 6.45) is 1.62. The SMILES string of the molecule is CCSCCCOC(=O)c1ccccc1C(=O)OCCCSCC. The van der Waals surface area contributed by atoms with E-state index < -0.39 is 11.9 Å². The minimum atomic E-state index is -0.467. The predicted molar refractivity (Wildman–Crippen MR) is 102 cm³/mol. The lowest BCUT2D eigenvalue weighted by Crippen LogP contribution is -2.15. The van der Waals surface area contributed by atoms with E-state index in [1.165, 1.54) is 0 Å². The van der Waals surface area contributed by atoms with Gasteiger partial charge in [0.05, 0.1) is 24.3 Å². The lowest BCUT2D eigenvalue weighted by Gasteiger charge is -2.09. The molecule has 0 fully saturated rings. The second-order valence-electron chi connectivity index (χ2n) is 4.92. The van der Waals surface area contributed by atoms with Crippen LogP contribution in [0.2, 0.25) is 0 Å². The molecule has 0 aliphatic rings. The van der Waals surface area contributed by atoms with Crippen LogP contribution in [0.25, 0.3) is 0 Å². The van der Waals surface area contributed by atoms with Gasteiger partial charge in [-0.2, -0.15) is 23.5 Å². The van der Waals surface area contributed by atoms with Crippen molar-refractivity contribution in [3.63, 3.8) is 0 Å². The first-order chi connectivity index (χ1) is 11.7. The van der Waals surface area contributed by atoms with Crippen LogP contribution in [0.5, 0.6) is 0 Å². The second kappa shape index (κ2) is 13.2. The lowest BCUT2D eigenvalue weighted by atomic mass is 10.1. The summed E-state index contributed by atoms with van der Waals surface area (Å²) in [4.78, 5) is 24.4. The molecule has 0 atom stereocenters. The molecule has 0 aromatic heterocycles. The topological polar surface area (TPSA) is 52.6 Å². The third kappa shape index (κ3) is 8.11. The number of ether oxygens (including phenoxy) is 2. The summed E-state index contributed by atoms with van der Waals surface area (Å²) in [6, 6.07) is 6.65. The van der Waals surface area contributed by atoms with Crippen molar-refractivity contribution in [2.45, 2.75) is 26.7 Å². The molecule has 0 radical (unpaired) electrons. The van der Waals surface area contributed by atoms with E-state index in [2.05, 4.69) is 13.8 Å². The molecule has 0 aliphatic carbocycles. The minimum absolute atomic E-state index is 0.272. The molecule has 0 amide bonds. The van der Waals surface area contributed by atoms with Gasteiger partial charge < -0.3 is 9.47 Å². The van der Waals surface area contributed by atoms with Crippen LogP contribution in [-0.2, 0) is 9.47 Å². The van der Waals surface area contributed by atoms with Gasteiger partial charge in [-0.25, -0.2) is 9.59 Å². The maximum atomic E-state index is 12.2. The largest absolute Gasteiger partial charge is 0.462 e. The molecule has 0 saturated carbocycles. The first kappa shape index (κ1) is 20.9. The summed E-state index contributed by atoms with van der Waals surface area (Å²) >= 11 is 3.62. The Bertz CT molecular complexity index is 461. The van der Waals surface area contributed by atoms with Crippen molar-refractivity contribution in [2.24, 2.45) is 0 Å². The van der Waals surface area contributed by atoms with Crippen LogP contribution < -0.4 is 0 Å². The summed E-state index contributed by atoms with van der Waals surface area (Å²) in [5.41, 5.74) is 0.544. The van der Waals surface area contributed by atoms with Crippen molar-refractivity contribution in [3.8, 4) is 0 Å². The van der Waals surface area contributed by atoms with Crippen molar-refractivity contribution in [1.82, 2.24) is 0 Å². The highest BCUT2D eigenvalue weighted by molar-refractivity contribution is 7.99. The average molecular weight is 371 g/mol. The Hall–Kier alpha value is -1.14. The molecular formula is C18H26O4S2. The number of hydrogen-bond donors (Lipinski definition) is 0. The Balaban J connectivity index is 2.50. The zero-order valence-corrected chi connectivity index (χ0v) is 16.0. The molecule has 0 spiro atoms. The molecule has 1 rings (SSSR count). The van der Waals surface area contributed by atoms with Crippen LogP contribution in [0.1, 0.15) is 47.4 Å². The number of carbonyl (C=O) groups excluding carboxylic acids is 2. The summed E-state index contributed by atoms with van der Waals surface area (Å²) in [7, 11) is 0. The maximum Gasteiger partial charge on any atom is 0.339 e. The van der Waals surface area contributed by atoms with Gasteiger partial charge in [-0.1, -0.05) is 26.0 Å². The van der Waals surface area contributed by atoms with E-state index in [4.69, 9.17) is 9.47 Å². The fourth-order valence-corrected chi connectivity index (χ4v) is 3.16. The first-order valence-electron chi connectivity index (χ1n) is 8.29. The number of thioether (sulfide) groups is 2. The molecule has 0 saturated heterocycles. The van der Waals surface area contributed by atoms with Gasteiger partial charge in [0, 0.05) is 0 Å². The number of esters is 2. The van der Waals surface area contributed by atoms with Crippen LogP contribution in [0.3, 0.4) is 0 Å². The molecule has 134 valence electrons. The molecule has 0 aliphatic heterocycles. The number of benzene rings is 1. The smallest absolute Gasteiger partial charge is 0.339 e. The van der Waals surface area contributed by atoms with Gasteiger partial charge in [-0.05, 0) is 48.0 Å². The van der Waals surface area contributed by atoms with Crippen molar-refractivity contribution in [3.05, 3.63) is 35.4 Å². The normalized spacial score (nSPS) is 10.4. The van der Waals surface area contributed by atoms with Gasteiger partial charge in [0.1, 0.15) is 0 Å². The second-order valence-corrected chi connectivity index (χ2v) is 7.71. The van der Waals surface area contributed by atoms with Crippen molar-refractivity contribution in [2.75, 3.05) is 36.2 Å². The van der Waals surface area contributed by atoms with Gasteiger partial charge in [0.15, 0.2) is 0 Å². The highest BCUT2D eigenvalue weighted by atomic mass is 32.2. The summed E-state index contributed by atoms with van der Waals surface area (Å²) < 4.78 is 10.5. The molecule has 0 N–H and O–H groups in total. The first-order valence-corrected chi connectivity index (χ1v) is 10.6. The number of rotatable bonds is 12. The summed E-state index contributed by atoms with van der Waals surface area (Å²) in [5.74, 6) is 3.10. The van der Waals surface area contributed by atoms with Gasteiger partial charge >= 0.3 is 11.9 Å². The lowest BCUT2D eigenvalue weighted by molar-refractivity contribution is 0.0459. The fourth-order valence-electron chi connectivity index (χ4n) is 1.94. The van der Waals surface area contributed by atoms with E-state index >= 15 is 0 Å². The maximum absolute atomic E-state index is 12.2. The van der Waals surface area contributed by atoms with E-state index in [9.17, 15) is 9.59 Å². The van der Waals surface area contributed by atoms with E-state index in [0.717, 1.165) is 35.9 Å². The summed E-state index contributed by atoms with van der Waals surface area (Å²) in [6.45, 7) is 4.92. The predicted octanol–water partition coefficient (Wildman–Crippen LogP) is 4.29. The number of hydrogen-bond acceptors (Lipinski definition) is 6. The Morgan fingerprint density at radius 2 is 1.25 bits per heavy atom. The minimum Gasteiger partial charge on any atom is -0.462 e. The highest BCUT2D eigenvalue weighted by Gasteiger charge is 2.18. The van der Waals surface area contributed by atoms with Gasteiger partial charge in [0.2, 0.25) is 0 Å². The third-order valence-electron chi connectivity index (χ3n) is 3.11. The van der Waals surface area contributed by atoms with Crippen LogP contribution >= 0.6 is 23.5 Å². The van der Waals surface area contributed by atoms with Crippen LogP contribution in [-0.4, -0.2) is 48.2 Å². The molecule has 1 aromatic rings. The Kier molecular flexibility index (Phi) is 11.5. The van der Waals surface area contributed by atoms with E-state index in [0.29, 0.717) is 13.2 Å². The van der Waals surface area contributed by atoms with Gasteiger partial charge in [-0.15, -0.1) is 0 Å². The molecule has 6 heteroatoms. The Labute approximate surface area is 153 Å². The zero-order chi connectivity index (χ0) is 17.6. The van der Waals surface area contributed by atoms with E-state index in [1.807, 2.05) is 23.5 Å². The highest BCUT2D eigenvalue weighted by Crippen LogP contribution is 2.13. The molecule has 0 bridgehead atoms. The van der Waals surface area contributed by atoms with Crippen LogP contribution in [0.4, 0.5) is 0 Å². The standard InChI is InChI=1S/C18H26O4S2/c1-3-23-13-7-11-21-17(19)15-9-5-6-10-16(15)18(20)22-12-8-14-24-4-2/h5-6,9-10H,3-4,7-8,11-14H2,1-2H3. The molecule has 4 nitrogen and oxygen atoms in total. The fraction of sp³-hybridized carbons (Fsp3) is 0.556. The quantitative estimate of drug-likeness (QED) is 0.404. The van der Waals surface area contributed by atoms with Crippen LogP contribution in [0.15, 0.2) is 24.3 Å². The van der Waals surface area contributed by atoms with Crippen molar-refractivity contribution >= 4 is 35.5 Å².